The van der Waals surface area contributed by atoms with Crippen LogP contribution in [0.2, 0.25) is 0 Å². The summed E-state index contributed by atoms with van der Waals surface area (Å²) in [4.78, 5) is 15.4. The SMILES string of the molecule is Cc1ccccc1NC(=O)Nc1ccc(C(F)(F)F)nc1C. The van der Waals surface area contributed by atoms with E-state index < -0.39 is 17.9 Å². The molecular weight excluding hydrogens is 295 g/mol. The van der Waals surface area contributed by atoms with Gasteiger partial charge in [0.2, 0.25) is 0 Å². The molecule has 4 nitrogen and oxygen atoms in total. The van der Waals surface area contributed by atoms with Crippen molar-refractivity contribution in [3.63, 3.8) is 0 Å². The summed E-state index contributed by atoms with van der Waals surface area (Å²) in [6.45, 7) is 3.24. The molecule has 0 radical (unpaired) electrons. The van der Waals surface area contributed by atoms with Gasteiger partial charge in [-0.2, -0.15) is 13.2 Å². The topological polar surface area (TPSA) is 54.0 Å². The lowest BCUT2D eigenvalue weighted by Gasteiger charge is -2.12. The summed E-state index contributed by atoms with van der Waals surface area (Å²) in [7, 11) is 0. The van der Waals surface area contributed by atoms with Crippen molar-refractivity contribution in [2.75, 3.05) is 10.6 Å². The van der Waals surface area contributed by atoms with Crippen LogP contribution in [0.5, 0.6) is 0 Å². The third kappa shape index (κ3) is 3.75. The normalized spacial score (nSPS) is 11.1. The zero-order chi connectivity index (χ0) is 16.3. The van der Waals surface area contributed by atoms with Gasteiger partial charge in [0.1, 0.15) is 5.69 Å². The van der Waals surface area contributed by atoms with Gasteiger partial charge in [-0.25, -0.2) is 9.78 Å². The number of para-hydroxylation sites is 1. The summed E-state index contributed by atoms with van der Waals surface area (Å²) in [5.74, 6) is 0. The van der Waals surface area contributed by atoms with Gasteiger partial charge in [0, 0.05) is 5.69 Å². The number of aryl methyl sites for hydroxylation is 2. The molecule has 0 atom stereocenters. The van der Waals surface area contributed by atoms with Crippen LogP contribution in [0.15, 0.2) is 36.4 Å². The van der Waals surface area contributed by atoms with E-state index in [0.717, 1.165) is 11.6 Å². The Morgan fingerprint density at radius 3 is 2.23 bits per heavy atom. The van der Waals surface area contributed by atoms with Crippen LogP contribution < -0.4 is 10.6 Å². The Labute approximate surface area is 125 Å². The Balaban J connectivity index is 2.11. The van der Waals surface area contributed by atoms with Crippen molar-refractivity contribution in [2.45, 2.75) is 20.0 Å². The maximum atomic E-state index is 12.5. The Kier molecular flexibility index (Phi) is 4.35. The molecule has 0 aliphatic rings. The van der Waals surface area contributed by atoms with Crippen molar-refractivity contribution in [2.24, 2.45) is 0 Å². The molecule has 0 aliphatic heterocycles. The van der Waals surface area contributed by atoms with Gasteiger partial charge in [0.25, 0.3) is 0 Å². The van der Waals surface area contributed by atoms with Gasteiger partial charge >= 0.3 is 12.2 Å². The highest BCUT2D eigenvalue weighted by molar-refractivity contribution is 6.00. The molecule has 0 spiro atoms. The third-order valence-electron chi connectivity index (χ3n) is 3.02. The maximum absolute atomic E-state index is 12.5. The van der Waals surface area contributed by atoms with Crippen LogP contribution >= 0.6 is 0 Å². The summed E-state index contributed by atoms with van der Waals surface area (Å²) < 4.78 is 37.6. The molecule has 0 bridgehead atoms. The maximum Gasteiger partial charge on any atom is 0.433 e. The fourth-order valence-corrected chi connectivity index (χ4v) is 1.84. The van der Waals surface area contributed by atoms with Gasteiger partial charge in [0.15, 0.2) is 0 Å². The lowest BCUT2D eigenvalue weighted by Crippen LogP contribution is -2.21. The minimum absolute atomic E-state index is 0.0924. The Hall–Kier alpha value is -2.57. The summed E-state index contributed by atoms with van der Waals surface area (Å²) in [6.07, 6.45) is -4.51. The summed E-state index contributed by atoms with van der Waals surface area (Å²) >= 11 is 0. The molecule has 116 valence electrons. The van der Waals surface area contributed by atoms with Crippen LogP contribution in [-0.4, -0.2) is 11.0 Å². The lowest BCUT2D eigenvalue weighted by molar-refractivity contribution is -0.141. The largest absolute Gasteiger partial charge is 0.433 e. The fourth-order valence-electron chi connectivity index (χ4n) is 1.84. The predicted molar refractivity (Wildman–Crippen MR) is 77.8 cm³/mol. The quantitative estimate of drug-likeness (QED) is 0.866. The molecular formula is C15H14F3N3O. The molecule has 0 saturated carbocycles. The van der Waals surface area contributed by atoms with Crippen molar-refractivity contribution in [1.82, 2.24) is 4.98 Å². The number of nitrogens with zero attached hydrogens (tertiary/aromatic N) is 1. The van der Waals surface area contributed by atoms with Crippen LogP contribution in [0.1, 0.15) is 17.0 Å². The molecule has 0 aliphatic carbocycles. The first-order valence-corrected chi connectivity index (χ1v) is 6.46. The van der Waals surface area contributed by atoms with Crippen LogP contribution in [0, 0.1) is 13.8 Å². The molecule has 7 heteroatoms. The van der Waals surface area contributed by atoms with E-state index in [0.29, 0.717) is 5.69 Å². The first kappa shape index (κ1) is 15.8. The number of alkyl halides is 3. The smallest absolute Gasteiger partial charge is 0.307 e. The molecule has 2 aromatic rings. The first-order chi connectivity index (χ1) is 10.3. The lowest BCUT2D eigenvalue weighted by atomic mass is 10.2. The minimum Gasteiger partial charge on any atom is -0.307 e. The van der Waals surface area contributed by atoms with Crippen LogP contribution in [0.3, 0.4) is 0 Å². The van der Waals surface area contributed by atoms with Gasteiger partial charge in [0.05, 0.1) is 11.4 Å². The number of carbonyl (C=O) groups is 1. The molecule has 0 saturated heterocycles. The molecule has 0 unspecified atom stereocenters. The second-order valence-corrected chi connectivity index (χ2v) is 4.72. The van der Waals surface area contributed by atoms with Crippen LogP contribution in [0.25, 0.3) is 0 Å². The van der Waals surface area contributed by atoms with Crippen LogP contribution in [0.4, 0.5) is 29.3 Å². The second-order valence-electron chi connectivity index (χ2n) is 4.72. The number of amides is 2. The number of pyridine rings is 1. The standard InChI is InChI=1S/C15H14F3N3O/c1-9-5-3-4-6-11(9)20-14(22)21-12-7-8-13(15(16,17)18)19-10(12)2/h3-8H,1-2H3,(H2,20,21,22). The zero-order valence-electron chi connectivity index (χ0n) is 12.0. The van der Waals surface area contributed by atoms with Crippen LogP contribution in [-0.2, 0) is 6.18 Å². The van der Waals surface area contributed by atoms with E-state index in [-0.39, 0.29) is 11.4 Å². The molecule has 2 N–H and O–H groups in total. The number of halogens is 3. The van der Waals surface area contributed by atoms with Gasteiger partial charge < -0.3 is 10.6 Å². The predicted octanol–water partition coefficient (Wildman–Crippen LogP) is 4.36. The number of urea groups is 1. The Bertz CT molecular complexity index is 699. The van der Waals surface area contributed by atoms with Crippen molar-refractivity contribution >= 4 is 17.4 Å². The van der Waals surface area contributed by atoms with Crippen molar-refractivity contribution in [3.05, 3.63) is 53.3 Å². The molecule has 2 amide bonds. The first-order valence-electron chi connectivity index (χ1n) is 6.46. The van der Waals surface area contributed by atoms with E-state index in [1.165, 1.54) is 13.0 Å². The molecule has 1 aromatic heterocycles. The summed E-state index contributed by atoms with van der Waals surface area (Å²) in [5, 5.41) is 5.12. The van der Waals surface area contributed by atoms with Crippen molar-refractivity contribution < 1.29 is 18.0 Å². The van der Waals surface area contributed by atoms with Crippen molar-refractivity contribution in [3.8, 4) is 0 Å². The number of anilines is 2. The average Bonchev–Trinajstić information content (AvgIpc) is 2.42. The number of carbonyl (C=O) groups excluding carboxylic acids is 1. The monoisotopic (exact) mass is 309 g/mol. The number of benzene rings is 1. The molecule has 1 heterocycles. The third-order valence-corrected chi connectivity index (χ3v) is 3.02. The van der Waals surface area contributed by atoms with Gasteiger partial charge in [-0.1, -0.05) is 18.2 Å². The number of nitrogens with one attached hydrogen (secondary N) is 2. The van der Waals surface area contributed by atoms with Gasteiger partial charge in [-0.3, -0.25) is 0 Å². The van der Waals surface area contributed by atoms with E-state index in [9.17, 15) is 18.0 Å². The van der Waals surface area contributed by atoms with E-state index >= 15 is 0 Å². The molecule has 22 heavy (non-hydrogen) atoms. The number of rotatable bonds is 2. The number of hydrogen-bond donors (Lipinski definition) is 2. The second kappa shape index (κ2) is 6.05. The Morgan fingerprint density at radius 2 is 1.64 bits per heavy atom. The highest BCUT2D eigenvalue weighted by Gasteiger charge is 2.32. The van der Waals surface area contributed by atoms with E-state index in [1.807, 2.05) is 19.1 Å². The summed E-state index contributed by atoms with van der Waals surface area (Å²) in [5.41, 5.74) is 0.821. The number of hydrogen-bond acceptors (Lipinski definition) is 2. The average molecular weight is 309 g/mol. The number of aromatic nitrogens is 1. The molecule has 1 aromatic carbocycles. The van der Waals surface area contributed by atoms with Gasteiger partial charge in [-0.05, 0) is 37.6 Å². The highest BCUT2D eigenvalue weighted by Crippen LogP contribution is 2.29. The highest BCUT2D eigenvalue weighted by atomic mass is 19.4. The van der Waals surface area contributed by atoms with E-state index in [2.05, 4.69) is 15.6 Å². The minimum atomic E-state index is -4.51. The molecule has 0 fully saturated rings. The fraction of sp³-hybridized carbons (Fsp3) is 0.200. The Morgan fingerprint density at radius 1 is 1.00 bits per heavy atom. The van der Waals surface area contributed by atoms with Gasteiger partial charge in [-0.15, -0.1) is 0 Å². The molecule has 2 rings (SSSR count). The van der Waals surface area contributed by atoms with Crippen molar-refractivity contribution in [1.29, 1.82) is 0 Å². The zero-order valence-corrected chi connectivity index (χ0v) is 12.0. The summed E-state index contributed by atoms with van der Waals surface area (Å²) in [6, 6.07) is 8.64. The van der Waals surface area contributed by atoms with E-state index in [4.69, 9.17) is 0 Å². The van der Waals surface area contributed by atoms with E-state index in [1.54, 1.807) is 12.1 Å².